The van der Waals surface area contributed by atoms with Crippen molar-refractivity contribution in [2.45, 2.75) is 0 Å². The molecule has 2 heterocycles. The van der Waals surface area contributed by atoms with Crippen LogP contribution in [-0.4, -0.2) is 4.98 Å². The molecule has 2 nitrogen and oxygen atoms in total. The first-order valence-corrected chi connectivity index (χ1v) is 19.5. The van der Waals surface area contributed by atoms with E-state index in [1.54, 1.807) is 0 Å². The fraction of sp³-hybridized carbons (Fsp3) is 0. The quantitative estimate of drug-likeness (QED) is 0.169. The highest BCUT2D eigenvalue weighted by Gasteiger charge is 2.20. The Hall–Kier alpha value is -7.55. The Bertz CT molecular complexity index is 3460. The predicted molar refractivity (Wildman–Crippen MR) is 241 cm³/mol. The number of furan rings is 1. The molecule has 0 amide bonds. The number of nitrogens with zero attached hydrogens (tertiary/aromatic N) is 1. The molecule has 0 aliphatic rings. The number of rotatable bonds is 4. The molecule has 0 spiro atoms. The van der Waals surface area contributed by atoms with Crippen molar-refractivity contribution >= 4 is 75.9 Å². The summed E-state index contributed by atoms with van der Waals surface area (Å²) in [7, 11) is 0. The standard InChI is InChI=1S/C55H33NO/c1-2-13-35(14-3-1)52-40-16-4-6-18-42(40)53(43-19-7-5-17-41(43)52)36-27-29-50-48(31-36)39-28-26-38(33-51(39)57-50)55-46-22-10-8-20-44(46)54(45-21-9-11-23-47(45)55)37-25-24-34-15-12-30-56-49(34)32-37/h1-33H. The van der Waals surface area contributed by atoms with Gasteiger partial charge in [-0.15, -0.1) is 0 Å². The van der Waals surface area contributed by atoms with Crippen LogP contribution in [0.25, 0.3) is 120 Å². The first-order valence-electron chi connectivity index (χ1n) is 19.5. The summed E-state index contributed by atoms with van der Waals surface area (Å²) < 4.78 is 6.71. The highest BCUT2D eigenvalue weighted by atomic mass is 16.3. The SMILES string of the molecule is c1ccc(-c2c3ccccc3c(-c3ccc4oc5cc(-c6c7ccccc7c(-c7ccc8cccnc8c7)c7ccccc67)ccc5c4c3)c3ccccc23)cc1. The van der Waals surface area contributed by atoms with Gasteiger partial charge in [0.1, 0.15) is 11.2 Å². The lowest BCUT2D eigenvalue weighted by atomic mass is 9.85. The summed E-state index contributed by atoms with van der Waals surface area (Å²) in [5.41, 5.74) is 12.4. The van der Waals surface area contributed by atoms with Crippen molar-refractivity contribution in [2.75, 3.05) is 0 Å². The van der Waals surface area contributed by atoms with E-state index < -0.39 is 0 Å². The maximum atomic E-state index is 6.71. The van der Waals surface area contributed by atoms with Crippen LogP contribution in [0.5, 0.6) is 0 Å². The van der Waals surface area contributed by atoms with Crippen LogP contribution in [0.4, 0.5) is 0 Å². The third-order valence-corrected chi connectivity index (χ3v) is 11.9. The van der Waals surface area contributed by atoms with Crippen LogP contribution in [0, 0.1) is 0 Å². The van der Waals surface area contributed by atoms with Gasteiger partial charge in [-0.3, -0.25) is 4.98 Å². The zero-order chi connectivity index (χ0) is 37.5. The van der Waals surface area contributed by atoms with Gasteiger partial charge in [0.2, 0.25) is 0 Å². The molecule has 0 aliphatic heterocycles. The minimum absolute atomic E-state index is 0.881. The Kier molecular flexibility index (Phi) is 6.96. The molecule has 2 aromatic heterocycles. The normalized spacial score (nSPS) is 11.9. The molecule has 57 heavy (non-hydrogen) atoms. The fourth-order valence-electron chi connectivity index (χ4n) is 9.42. The fourth-order valence-corrected chi connectivity index (χ4v) is 9.42. The van der Waals surface area contributed by atoms with Crippen LogP contribution in [-0.2, 0) is 0 Å². The lowest BCUT2D eigenvalue weighted by Gasteiger charge is -2.18. The summed E-state index contributed by atoms with van der Waals surface area (Å²) in [6.45, 7) is 0. The van der Waals surface area contributed by atoms with E-state index in [1.807, 2.05) is 12.3 Å². The predicted octanol–water partition coefficient (Wildman–Crippen LogP) is 15.4. The third kappa shape index (κ3) is 4.87. The topological polar surface area (TPSA) is 26.0 Å². The van der Waals surface area contributed by atoms with Gasteiger partial charge in [-0.25, -0.2) is 0 Å². The summed E-state index contributed by atoms with van der Waals surface area (Å²) in [5.74, 6) is 0. The second-order valence-corrected chi connectivity index (χ2v) is 15.0. The number of hydrogen-bond acceptors (Lipinski definition) is 2. The van der Waals surface area contributed by atoms with Crippen LogP contribution >= 0.6 is 0 Å². The van der Waals surface area contributed by atoms with Crippen molar-refractivity contribution in [3.05, 3.63) is 200 Å². The molecule has 2 heteroatoms. The Morgan fingerprint density at radius 2 is 0.737 bits per heavy atom. The van der Waals surface area contributed by atoms with Crippen molar-refractivity contribution in [3.8, 4) is 44.5 Å². The maximum absolute atomic E-state index is 6.71. The van der Waals surface area contributed by atoms with Gasteiger partial charge in [0.25, 0.3) is 0 Å². The van der Waals surface area contributed by atoms with E-state index in [2.05, 4.69) is 188 Å². The lowest BCUT2D eigenvalue weighted by molar-refractivity contribution is 0.669. The summed E-state index contributed by atoms with van der Waals surface area (Å²) >= 11 is 0. The van der Waals surface area contributed by atoms with E-state index in [9.17, 15) is 0 Å². The largest absolute Gasteiger partial charge is 0.456 e. The molecule has 12 aromatic rings. The molecular weight excluding hydrogens is 691 g/mol. The van der Waals surface area contributed by atoms with Gasteiger partial charge < -0.3 is 4.42 Å². The Morgan fingerprint density at radius 3 is 1.30 bits per heavy atom. The molecule has 0 bridgehead atoms. The van der Waals surface area contributed by atoms with Gasteiger partial charge in [-0.05, 0) is 124 Å². The molecule has 0 fully saturated rings. The van der Waals surface area contributed by atoms with Gasteiger partial charge in [-0.1, -0.05) is 158 Å². The monoisotopic (exact) mass is 723 g/mol. The van der Waals surface area contributed by atoms with Gasteiger partial charge in [0.05, 0.1) is 5.52 Å². The van der Waals surface area contributed by atoms with Crippen molar-refractivity contribution in [3.63, 3.8) is 0 Å². The molecule has 264 valence electrons. The number of benzene rings is 10. The smallest absolute Gasteiger partial charge is 0.136 e. The van der Waals surface area contributed by atoms with E-state index in [0.717, 1.165) is 38.4 Å². The Labute approximate surface area is 328 Å². The van der Waals surface area contributed by atoms with Crippen molar-refractivity contribution < 1.29 is 4.42 Å². The molecule has 0 atom stereocenters. The summed E-state index contributed by atoms with van der Waals surface area (Å²) in [6.07, 6.45) is 1.87. The number of fused-ring (bicyclic) bond motifs is 8. The van der Waals surface area contributed by atoms with Crippen molar-refractivity contribution in [2.24, 2.45) is 0 Å². The Balaban J connectivity index is 1.05. The van der Waals surface area contributed by atoms with E-state index in [1.165, 1.54) is 82.0 Å². The van der Waals surface area contributed by atoms with E-state index in [-0.39, 0.29) is 0 Å². The van der Waals surface area contributed by atoms with Gasteiger partial charge in [0.15, 0.2) is 0 Å². The van der Waals surface area contributed by atoms with Crippen molar-refractivity contribution in [1.29, 1.82) is 0 Å². The zero-order valence-electron chi connectivity index (χ0n) is 30.9. The Morgan fingerprint density at radius 1 is 0.281 bits per heavy atom. The van der Waals surface area contributed by atoms with Crippen LogP contribution in [0.2, 0.25) is 0 Å². The molecule has 0 saturated carbocycles. The van der Waals surface area contributed by atoms with Crippen LogP contribution in [0.15, 0.2) is 205 Å². The highest BCUT2D eigenvalue weighted by Crippen LogP contribution is 2.47. The molecule has 0 N–H and O–H groups in total. The zero-order valence-corrected chi connectivity index (χ0v) is 30.9. The second kappa shape index (κ2) is 12.5. The highest BCUT2D eigenvalue weighted by molar-refractivity contribution is 6.24. The van der Waals surface area contributed by atoms with E-state index >= 15 is 0 Å². The third-order valence-electron chi connectivity index (χ3n) is 11.9. The van der Waals surface area contributed by atoms with Gasteiger partial charge >= 0.3 is 0 Å². The first-order chi connectivity index (χ1) is 28.3. The number of aromatic nitrogens is 1. The van der Waals surface area contributed by atoms with Gasteiger partial charge in [0, 0.05) is 22.4 Å². The van der Waals surface area contributed by atoms with E-state index in [4.69, 9.17) is 9.40 Å². The molecule has 12 rings (SSSR count). The molecule has 0 saturated heterocycles. The van der Waals surface area contributed by atoms with Crippen LogP contribution in [0.1, 0.15) is 0 Å². The lowest BCUT2D eigenvalue weighted by Crippen LogP contribution is -1.91. The van der Waals surface area contributed by atoms with Crippen LogP contribution in [0.3, 0.4) is 0 Å². The summed E-state index contributed by atoms with van der Waals surface area (Å²) in [4.78, 5) is 4.69. The van der Waals surface area contributed by atoms with Crippen LogP contribution < -0.4 is 0 Å². The van der Waals surface area contributed by atoms with E-state index in [0.29, 0.717) is 0 Å². The average Bonchev–Trinajstić information content (AvgIpc) is 3.64. The minimum atomic E-state index is 0.881. The minimum Gasteiger partial charge on any atom is -0.456 e. The number of hydrogen-bond donors (Lipinski definition) is 0. The van der Waals surface area contributed by atoms with Crippen molar-refractivity contribution in [1.82, 2.24) is 4.98 Å². The molecule has 0 radical (unpaired) electrons. The van der Waals surface area contributed by atoms with Gasteiger partial charge in [-0.2, -0.15) is 0 Å². The summed E-state index contributed by atoms with van der Waals surface area (Å²) in [6, 6.07) is 70.3. The molecule has 0 unspecified atom stereocenters. The first kappa shape index (κ1) is 31.8. The number of pyridine rings is 1. The molecule has 10 aromatic carbocycles. The maximum Gasteiger partial charge on any atom is 0.136 e. The second-order valence-electron chi connectivity index (χ2n) is 15.0. The molecular formula is C55H33NO. The average molecular weight is 724 g/mol. The summed E-state index contributed by atoms with van der Waals surface area (Å²) in [5, 5.41) is 13.2. The molecule has 0 aliphatic carbocycles.